The number of hydrogen-bond donors (Lipinski definition) is 4. The number of carbonyl (C=O) groups is 1. The Labute approximate surface area is 136 Å². The fourth-order valence-corrected chi connectivity index (χ4v) is 3.49. The summed E-state index contributed by atoms with van der Waals surface area (Å²) in [5.41, 5.74) is 0.655. The van der Waals surface area contributed by atoms with Gasteiger partial charge in [-0.3, -0.25) is 4.79 Å². The first-order valence-electron chi connectivity index (χ1n) is 6.86. The van der Waals surface area contributed by atoms with Crippen molar-refractivity contribution in [1.82, 2.24) is 14.7 Å². The number of anilines is 2. The minimum absolute atomic E-state index is 0.154. The number of carbonyl (C=O) groups excluding carboxylic acids is 1. The number of aromatic hydroxyl groups is 1. The van der Waals surface area contributed by atoms with Crippen molar-refractivity contribution in [2.75, 3.05) is 16.2 Å². The number of amides is 1. The number of imidazole rings is 1. The third-order valence-electron chi connectivity index (χ3n) is 3.34. The normalized spacial score (nSPS) is 16.2. The number of aromatic nitrogens is 2. The molecule has 4 N–H and O–H groups in total. The van der Waals surface area contributed by atoms with Crippen molar-refractivity contribution in [3.05, 3.63) is 35.4 Å². The van der Waals surface area contributed by atoms with Gasteiger partial charge in [0.1, 0.15) is 18.0 Å². The van der Waals surface area contributed by atoms with Crippen LogP contribution in [0.25, 0.3) is 0 Å². The molecule has 11 heteroatoms. The number of nitrogens with zero attached hydrogens (tertiary/aromatic N) is 2. The van der Waals surface area contributed by atoms with Crippen molar-refractivity contribution in [3.63, 3.8) is 0 Å². The minimum Gasteiger partial charge on any atom is -0.506 e. The molecular formula is C13H14FN5O4S. The van der Waals surface area contributed by atoms with Gasteiger partial charge in [0.05, 0.1) is 0 Å². The van der Waals surface area contributed by atoms with Crippen LogP contribution in [0, 0.1) is 12.7 Å². The smallest absolute Gasteiger partial charge is 0.326 e. The zero-order valence-corrected chi connectivity index (χ0v) is 13.3. The van der Waals surface area contributed by atoms with Crippen LogP contribution in [0.5, 0.6) is 5.75 Å². The van der Waals surface area contributed by atoms with Crippen LogP contribution in [0.1, 0.15) is 11.3 Å². The molecule has 0 saturated carbocycles. The molecule has 1 aromatic carbocycles. The zero-order chi connectivity index (χ0) is 17.5. The Morgan fingerprint density at radius 3 is 2.75 bits per heavy atom. The minimum atomic E-state index is -4.20. The largest absolute Gasteiger partial charge is 0.506 e. The molecule has 0 unspecified atom stereocenters. The van der Waals surface area contributed by atoms with Gasteiger partial charge in [0.2, 0.25) is 5.95 Å². The summed E-state index contributed by atoms with van der Waals surface area (Å²) >= 11 is 0. The summed E-state index contributed by atoms with van der Waals surface area (Å²) in [6.45, 7) is 1.39. The van der Waals surface area contributed by atoms with Crippen LogP contribution in [0.15, 0.2) is 18.3 Å². The topological polar surface area (TPSA) is 127 Å². The molecule has 24 heavy (non-hydrogen) atoms. The van der Waals surface area contributed by atoms with Crippen LogP contribution in [0.4, 0.5) is 16.0 Å². The van der Waals surface area contributed by atoms with Crippen LogP contribution in [-0.2, 0) is 21.5 Å². The predicted octanol–water partition coefficient (Wildman–Crippen LogP) is 0.356. The van der Waals surface area contributed by atoms with Crippen LogP contribution in [0.2, 0.25) is 0 Å². The van der Waals surface area contributed by atoms with Gasteiger partial charge >= 0.3 is 10.2 Å². The molecule has 0 spiro atoms. The lowest BCUT2D eigenvalue weighted by atomic mass is 10.1. The predicted molar refractivity (Wildman–Crippen MR) is 83.1 cm³/mol. The first-order chi connectivity index (χ1) is 11.3. The van der Waals surface area contributed by atoms with Crippen molar-refractivity contribution >= 4 is 27.8 Å². The van der Waals surface area contributed by atoms with E-state index in [2.05, 4.69) is 15.3 Å². The van der Waals surface area contributed by atoms with E-state index in [9.17, 15) is 22.7 Å². The van der Waals surface area contributed by atoms with Crippen LogP contribution < -0.4 is 14.3 Å². The van der Waals surface area contributed by atoms with Gasteiger partial charge in [-0.1, -0.05) is 0 Å². The van der Waals surface area contributed by atoms with Crippen LogP contribution in [-0.4, -0.2) is 35.9 Å². The highest BCUT2D eigenvalue weighted by molar-refractivity contribution is 7.92. The summed E-state index contributed by atoms with van der Waals surface area (Å²) in [5.74, 6) is -1.86. The number of aryl methyl sites for hydroxylation is 1. The average Bonchev–Trinajstić information content (AvgIpc) is 2.99. The molecule has 1 aliphatic rings. The number of hydrogen-bond acceptors (Lipinski definition) is 6. The number of rotatable bonds is 4. The van der Waals surface area contributed by atoms with Crippen LogP contribution in [0.3, 0.4) is 0 Å². The highest BCUT2D eigenvalue weighted by Crippen LogP contribution is 2.34. The van der Waals surface area contributed by atoms with Gasteiger partial charge in [0.25, 0.3) is 5.91 Å². The van der Waals surface area contributed by atoms with Gasteiger partial charge in [-0.25, -0.2) is 18.4 Å². The fraction of sp³-hybridized carbons (Fsp3) is 0.231. The second-order valence-corrected chi connectivity index (χ2v) is 6.85. The van der Waals surface area contributed by atoms with E-state index in [-0.39, 0.29) is 6.54 Å². The average molecular weight is 355 g/mol. The number of H-pyrrole nitrogens is 1. The lowest BCUT2D eigenvalue weighted by molar-refractivity contribution is -0.117. The molecule has 1 aromatic heterocycles. The van der Waals surface area contributed by atoms with Gasteiger partial charge in [-0.2, -0.15) is 8.42 Å². The third kappa shape index (κ3) is 2.97. The molecule has 0 bridgehead atoms. The summed E-state index contributed by atoms with van der Waals surface area (Å²) in [6, 6.07) is 2.30. The van der Waals surface area contributed by atoms with E-state index < -0.39 is 39.9 Å². The Morgan fingerprint density at radius 2 is 2.21 bits per heavy atom. The molecule has 2 aromatic rings. The summed E-state index contributed by atoms with van der Waals surface area (Å²) < 4.78 is 40.0. The number of phenolic OH excluding ortho intramolecular Hbond substituents is 1. The van der Waals surface area contributed by atoms with Crippen molar-refractivity contribution < 1.29 is 22.7 Å². The Hall–Kier alpha value is -2.82. The standard InChI is InChI=1S/C13H14FN5O4S/c1-7-4-15-13(17-7)16-5-8-2-9(14)12(10(20)3-8)19-6-11(21)18-24(19,22)23/h2-4,20H,5-6H2,1H3,(H,18,21)(H2,15,16,17). The number of benzene rings is 1. The van der Waals surface area contributed by atoms with Crippen molar-refractivity contribution in [2.45, 2.75) is 13.5 Å². The maximum absolute atomic E-state index is 14.3. The zero-order valence-electron chi connectivity index (χ0n) is 12.5. The molecule has 0 radical (unpaired) electrons. The van der Waals surface area contributed by atoms with Gasteiger partial charge in [-0.15, -0.1) is 0 Å². The van der Waals surface area contributed by atoms with Gasteiger partial charge in [0, 0.05) is 18.4 Å². The molecule has 128 valence electrons. The van der Waals surface area contributed by atoms with Gasteiger partial charge in [0.15, 0.2) is 5.82 Å². The van der Waals surface area contributed by atoms with E-state index in [0.717, 1.165) is 11.8 Å². The summed E-state index contributed by atoms with van der Waals surface area (Å²) in [4.78, 5) is 18.2. The van der Waals surface area contributed by atoms with E-state index in [1.165, 1.54) is 6.07 Å². The van der Waals surface area contributed by atoms with E-state index in [1.54, 1.807) is 10.9 Å². The number of nitrogens with one attached hydrogen (secondary N) is 3. The number of phenols is 1. The van der Waals surface area contributed by atoms with Gasteiger partial charge in [-0.05, 0) is 24.6 Å². The Kier molecular flexibility index (Phi) is 3.79. The van der Waals surface area contributed by atoms with E-state index in [0.29, 0.717) is 15.8 Å². The first kappa shape index (κ1) is 16.1. The summed E-state index contributed by atoms with van der Waals surface area (Å²) in [7, 11) is -4.20. The first-order valence-corrected chi connectivity index (χ1v) is 8.30. The Bertz CT molecular complexity index is 888. The molecule has 0 aliphatic carbocycles. The molecule has 3 rings (SSSR count). The maximum Gasteiger partial charge on any atom is 0.326 e. The van der Waals surface area contributed by atoms with Crippen molar-refractivity contribution in [1.29, 1.82) is 0 Å². The van der Waals surface area contributed by atoms with E-state index >= 15 is 0 Å². The summed E-state index contributed by atoms with van der Waals surface area (Å²) in [6.07, 6.45) is 1.62. The molecule has 1 fully saturated rings. The number of halogens is 1. The summed E-state index contributed by atoms with van der Waals surface area (Å²) in [5, 5.41) is 12.9. The fourth-order valence-electron chi connectivity index (χ4n) is 2.32. The lowest BCUT2D eigenvalue weighted by Gasteiger charge is -2.17. The Morgan fingerprint density at radius 1 is 1.46 bits per heavy atom. The molecule has 1 saturated heterocycles. The van der Waals surface area contributed by atoms with Crippen molar-refractivity contribution in [2.24, 2.45) is 0 Å². The molecular weight excluding hydrogens is 341 g/mol. The highest BCUT2D eigenvalue weighted by atomic mass is 32.2. The molecule has 9 nitrogen and oxygen atoms in total. The SMILES string of the molecule is Cc1cnc(NCc2cc(O)c(N3CC(=O)NS3(=O)=O)c(F)c2)[nH]1. The Balaban J connectivity index is 1.85. The third-order valence-corrected chi connectivity index (χ3v) is 4.71. The van der Waals surface area contributed by atoms with E-state index in [4.69, 9.17) is 0 Å². The molecule has 1 amide bonds. The second kappa shape index (κ2) is 5.67. The molecule has 1 aliphatic heterocycles. The lowest BCUT2D eigenvalue weighted by Crippen LogP contribution is -2.30. The monoisotopic (exact) mass is 355 g/mol. The number of aromatic amines is 1. The van der Waals surface area contributed by atoms with Crippen LogP contribution >= 0.6 is 0 Å². The second-order valence-electron chi connectivity index (χ2n) is 5.25. The highest BCUT2D eigenvalue weighted by Gasteiger charge is 2.37. The van der Waals surface area contributed by atoms with Crippen molar-refractivity contribution in [3.8, 4) is 5.75 Å². The van der Waals surface area contributed by atoms with Gasteiger partial charge < -0.3 is 15.4 Å². The van der Waals surface area contributed by atoms with E-state index in [1.807, 2.05) is 6.92 Å². The molecule has 2 heterocycles. The maximum atomic E-state index is 14.3. The molecule has 0 atom stereocenters. The quantitative estimate of drug-likeness (QED) is 0.627.